The normalized spacial score (nSPS) is 50.4. The summed E-state index contributed by atoms with van der Waals surface area (Å²) in [5.74, 6) is 3.91. The van der Waals surface area contributed by atoms with E-state index in [2.05, 4.69) is 20.8 Å². The minimum absolute atomic E-state index is 0.0561. The van der Waals surface area contributed by atoms with Crippen molar-refractivity contribution >= 4 is 5.97 Å². The van der Waals surface area contributed by atoms with E-state index in [9.17, 15) is 9.90 Å². The summed E-state index contributed by atoms with van der Waals surface area (Å²) in [6.45, 7) is 7.43. The first-order valence-electron chi connectivity index (χ1n) is 11.7. The summed E-state index contributed by atoms with van der Waals surface area (Å²) in [4.78, 5) is 11.0. The molecule has 2 N–H and O–H groups in total. The number of aliphatic hydroxyl groups excluding tert-OH is 1. The van der Waals surface area contributed by atoms with Crippen LogP contribution in [0, 0.1) is 46.3 Å². The molecule has 0 aromatic rings. The summed E-state index contributed by atoms with van der Waals surface area (Å²) >= 11 is 0. The number of aliphatic carboxylic acids is 1. The third-order valence-corrected chi connectivity index (χ3v) is 10.2. The van der Waals surface area contributed by atoms with E-state index in [0.717, 1.165) is 42.9 Å². The van der Waals surface area contributed by atoms with Crippen molar-refractivity contribution in [1.82, 2.24) is 0 Å². The van der Waals surface area contributed by atoms with E-state index in [1.807, 2.05) is 0 Å². The molecular weight excluding hydrogens is 336 g/mol. The van der Waals surface area contributed by atoms with Crippen molar-refractivity contribution in [3.63, 3.8) is 0 Å². The van der Waals surface area contributed by atoms with Crippen LogP contribution in [0.5, 0.6) is 0 Å². The zero-order valence-corrected chi connectivity index (χ0v) is 17.6. The topological polar surface area (TPSA) is 57.5 Å². The second-order valence-electron chi connectivity index (χ2n) is 11.2. The molecule has 154 valence electrons. The van der Waals surface area contributed by atoms with Gasteiger partial charge < -0.3 is 10.2 Å². The van der Waals surface area contributed by atoms with Crippen LogP contribution in [0.2, 0.25) is 0 Å². The second-order valence-corrected chi connectivity index (χ2v) is 11.2. The number of hydrogen-bond donors (Lipinski definition) is 2. The molecule has 3 nitrogen and oxygen atoms in total. The molecule has 0 aliphatic heterocycles. The van der Waals surface area contributed by atoms with Gasteiger partial charge in [-0.3, -0.25) is 4.79 Å². The fraction of sp³-hybridized carbons (Fsp3) is 0.958. The smallest absolute Gasteiger partial charge is 0.303 e. The Morgan fingerprint density at radius 2 is 1.70 bits per heavy atom. The molecule has 0 amide bonds. The zero-order chi connectivity index (χ0) is 19.4. The van der Waals surface area contributed by atoms with Crippen molar-refractivity contribution in [1.29, 1.82) is 0 Å². The number of carboxylic acid groups (broad SMARTS) is 1. The molecule has 0 radical (unpaired) electrons. The molecule has 4 aliphatic carbocycles. The van der Waals surface area contributed by atoms with Gasteiger partial charge in [0.05, 0.1) is 6.10 Å². The maximum absolute atomic E-state index is 11.0. The molecule has 4 unspecified atom stereocenters. The molecule has 0 spiro atoms. The number of aliphatic hydroxyl groups is 1. The van der Waals surface area contributed by atoms with E-state index in [1.165, 1.54) is 44.9 Å². The molecule has 27 heavy (non-hydrogen) atoms. The summed E-state index contributed by atoms with van der Waals surface area (Å²) < 4.78 is 0. The number of hydrogen-bond acceptors (Lipinski definition) is 2. The van der Waals surface area contributed by atoms with Crippen LogP contribution >= 0.6 is 0 Å². The number of fused-ring (bicyclic) bond motifs is 5. The number of carboxylic acids is 1. The Morgan fingerprint density at radius 3 is 2.44 bits per heavy atom. The van der Waals surface area contributed by atoms with E-state index in [0.29, 0.717) is 29.1 Å². The van der Waals surface area contributed by atoms with Gasteiger partial charge in [0, 0.05) is 6.42 Å². The molecule has 4 aliphatic rings. The van der Waals surface area contributed by atoms with E-state index in [1.54, 1.807) is 0 Å². The molecule has 4 saturated carbocycles. The van der Waals surface area contributed by atoms with Crippen molar-refractivity contribution in [2.75, 3.05) is 0 Å². The van der Waals surface area contributed by atoms with Gasteiger partial charge in [0.1, 0.15) is 0 Å². The van der Waals surface area contributed by atoms with E-state index in [4.69, 9.17) is 5.11 Å². The molecular formula is C24H40O3. The highest BCUT2D eigenvalue weighted by atomic mass is 16.4. The molecule has 0 aromatic carbocycles. The first kappa shape index (κ1) is 19.7. The van der Waals surface area contributed by atoms with Gasteiger partial charge in [-0.05, 0) is 111 Å². The molecule has 4 rings (SSSR count). The lowest BCUT2D eigenvalue weighted by Crippen LogP contribution is -2.54. The Kier molecular flexibility index (Phi) is 5.15. The van der Waals surface area contributed by atoms with Crippen LogP contribution in [-0.4, -0.2) is 22.3 Å². The number of rotatable bonds is 4. The van der Waals surface area contributed by atoms with Crippen LogP contribution in [0.25, 0.3) is 0 Å². The summed E-state index contributed by atoms with van der Waals surface area (Å²) in [6.07, 6.45) is 12.4. The Morgan fingerprint density at radius 1 is 1.00 bits per heavy atom. The molecule has 3 heteroatoms. The maximum Gasteiger partial charge on any atom is 0.303 e. The highest BCUT2D eigenvalue weighted by molar-refractivity contribution is 5.66. The molecule has 4 fully saturated rings. The maximum atomic E-state index is 11.0. The number of carbonyl (C=O) groups is 1. The monoisotopic (exact) mass is 376 g/mol. The van der Waals surface area contributed by atoms with E-state index < -0.39 is 5.97 Å². The average molecular weight is 377 g/mol. The first-order valence-corrected chi connectivity index (χ1v) is 11.7. The summed E-state index contributed by atoms with van der Waals surface area (Å²) in [5, 5.41) is 19.3. The van der Waals surface area contributed by atoms with Crippen molar-refractivity contribution in [2.24, 2.45) is 46.3 Å². The Balaban J connectivity index is 1.51. The van der Waals surface area contributed by atoms with Gasteiger partial charge in [-0.25, -0.2) is 0 Å². The molecule has 0 aromatic heterocycles. The van der Waals surface area contributed by atoms with E-state index in [-0.39, 0.29) is 6.10 Å². The van der Waals surface area contributed by atoms with Crippen LogP contribution in [0.15, 0.2) is 0 Å². The van der Waals surface area contributed by atoms with Gasteiger partial charge in [0.15, 0.2) is 0 Å². The largest absolute Gasteiger partial charge is 0.481 e. The molecule has 0 bridgehead atoms. The third-order valence-electron chi connectivity index (χ3n) is 10.2. The Bertz CT molecular complexity index is 574. The van der Waals surface area contributed by atoms with Crippen LogP contribution in [-0.2, 0) is 4.79 Å². The van der Waals surface area contributed by atoms with Crippen LogP contribution in [0.1, 0.15) is 91.4 Å². The minimum atomic E-state index is -0.643. The van der Waals surface area contributed by atoms with Gasteiger partial charge in [-0.1, -0.05) is 20.8 Å². The molecule has 9 atom stereocenters. The van der Waals surface area contributed by atoms with Crippen molar-refractivity contribution < 1.29 is 15.0 Å². The first-order chi connectivity index (χ1) is 12.8. The lowest BCUT2D eigenvalue weighted by atomic mass is 9.44. The lowest BCUT2D eigenvalue weighted by molar-refractivity contribution is -0.138. The van der Waals surface area contributed by atoms with Crippen LogP contribution < -0.4 is 0 Å². The van der Waals surface area contributed by atoms with Crippen LogP contribution in [0.3, 0.4) is 0 Å². The van der Waals surface area contributed by atoms with Crippen molar-refractivity contribution in [3.8, 4) is 0 Å². The highest BCUT2D eigenvalue weighted by Crippen LogP contribution is 2.68. The highest BCUT2D eigenvalue weighted by Gasteiger charge is 2.60. The molecule has 0 saturated heterocycles. The summed E-state index contributed by atoms with van der Waals surface area (Å²) in [6, 6.07) is 0. The van der Waals surface area contributed by atoms with Gasteiger partial charge in [0.2, 0.25) is 0 Å². The Labute approximate surface area is 165 Å². The predicted octanol–water partition coefficient (Wildman–Crippen LogP) is 5.51. The van der Waals surface area contributed by atoms with Crippen LogP contribution in [0.4, 0.5) is 0 Å². The SMILES string of the molecule is C[C@H](CCC(=O)O)[C@H]1CCC2[C@@H]3CC[C@@H]4C[C@H](O)CCC4(C)C3CCC21C. The predicted molar refractivity (Wildman–Crippen MR) is 107 cm³/mol. The second kappa shape index (κ2) is 7.04. The zero-order valence-electron chi connectivity index (χ0n) is 17.6. The van der Waals surface area contributed by atoms with Gasteiger partial charge in [-0.2, -0.15) is 0 Å². The lowest BCUT2D eigenvalue weighted by Gasteiger charge is -2.61. The quantitative estimate of drug-likeness (QED) is 0.680. The van der Waals surface area contributed by atoms with Gasteiger partial charge >= 0.3 is 5.97 Å². The average Bonchev–Trinajstić information content (AvgIpc) is 2.97. The Hall–Kier alpha value is -0.570. The summed E-state index contributed by atoms with van der Waals surface area (Å²) in [5.41, 5.74) is 0.882. The molecule has 0 heterocycles. The van der Waals surface area contributed by atoms with E-state index >= 15 is 0 Å². The van der Waals surface area contributed by atoms with Gasteiger partial charge in [0.25, 0.3) is 0 Å². The van der Waals surface area contributed by atoms with Gasteiger partial charge in [-0.15, -0.1) is 0 Å². The fourth-order valence-electron chi connectivity index (χ4n) is 8.76. The fourth-order valence-corrected chi connectivity index (χ4v) is 8.76. The summed E-state index contributed by atoms with van der Waals surface area (Å²) in [7, 11) is 0. The standard InChI is InChI=1S/C24H40O3/c1-15(4-9-22(26)27)19-7-8-20-18-6-5-16-14-17(25)10-12-23(16,2)21(18)11-13-24(19,20)3/h15-21,25H,4-14H2,1-3H3,(H,26,27)/t15-,16-,17-,18+,19-,20?,21?,23?,24?/m1/s1. The third kappa shape index (κ3) is 3.16. The minimum Gasteiger partial charge on any atom is -0.481 e. The van der Waals surface area contributed by atoms with Crippen molar-refractivity contribution in [3.05, 3.63) is 0 Å². The van der Waals surface area contributed by atoms with Crippen molar-refractivity contribution in [2.45, 2.75) is 97.5 Å².